The molecule has 0 radical (unpaired) electrons. The van der Waals surface area contributed by atoms with Crippen LogP contribution in [-0.2, 0) is 9.53 Å². The highest BCUT2D eigenvalue weighted by Crippen LogP contribution is 2.41. The van der Waals surface area contributed by atoms with Gasteiger partial charge in [0.2, 0.25) is 17.6 Å². The fourth-order valence-corrected chi connectivity index (χ4v) is 4.46. The number of aliphatic hydroxyl groups is 2. The number of nitrogens with zero attached hydrogens (tertiary/aromatic N) is 5. The van der Waals surface area contributed by atoms with Gasteiger partial charge in [-0.2, -0.15) is 9.97 Å². The van der Waals surface area contributed by atoms with Gasteiger partial charge in [-0.25, -0.2) is 9.78 Å². The molecular weight excluding hydrogens is 511 g/mol. The van der Waals surface area contributed by atoms with Crippen molar-refractivity contribution >= 4 is 31.2 Å². The number of carboxylic acids is 1. The zero-order valence-electron chi connectivity index (χ0n) is 20.0. The van der Waals surface area contributed by atoms with Gasteiger partial charge in [-0.05, 0) is 26.0 Å². The Bertz CT molecular complexity index is 1330. The van der Waals surface area contributed by atoms with Gasteiger partial charge in [0, 0.05) is 0 Å². The number of benzene rings is 1. The maximum Gasteiger partial charge on any atom is 0.395 e. The molecule has 0 bridgehead atoms. The van der Waals surface area contributed by atoms with E-state index in [2.05, 4.69) is 19.7 Å². The molecule has 3 unspecified atom stereocenters. The third kappa shape index (κ3) is 5.26. The molecule has 1 aliphatic rings. The number of imidazole rings is 1. The van der Waals surface area contributed by atoms with Crippen molar-refractivity contribution in [3.05, 3.63) is 30.6 Å². The number of hydrogen-bond acceptors (Lipinski definition) is 13. The molecule has 0 saturated carbocycles. The molecule has 3 aromatic rings. The summed E-state index contributed by atoms with van der Waals surface area (Å²) in [6, 6.07) is 4.99. The molecule has 2 aromatic heterocycles. The summed E-state index contributed by atoms with van der Waals surface area (Å²) < 4.78 is 27.1. The summed E-state index contributed by atoms with van der Waals surface area (Å²) in [6.07, 6.45) is -2.18. The predicted octanol–water partition coefficient (Wildman–Crippen LogP) is 0.213. The van der Waals surface area contributed by atoms with Crippen LogP contribution in [0.15, 0.2) is 35.3 Å². The number of para-hydroxylation sites is 2. The number of hydrogen-bond donors (Lipinski definition) is 4. The van der Waals surface area contributed by atoms with Gasteiger partial charge in [0.1, 0.15) is 24.4 Å². The molecular formula is C21H25N6O9P. The van der Waals surface area contributed by atoms with E-state index in [1.54, 1.807) is 12.1 Å². The van der Waals surface area contributed by atoms with E-state index in [1.807, 2.05) is 0 Å². The van der Waals surface area contributed by atoms with Crippen LogP contribution in [0.4, 0.5) is 5.95 Å². The van der Waals surface area contributed by atoms with Gasteiger partial charge >= 0.3 is 14.1 Å². The quantitative estimate of drug-likeness (QED) is 0.269. The van der Waals surface area contributed by atoms with Crippen molar-refractivity contribution in [1.29, 1.82) is 0 Å². The second kappa shape index (κ2) is 10.4. The highest BCUT2D eigenvalue weighted by molar-refractivity contribution is 7.34. The number of rotatable bonds is 9. The molecule has 1 fully saturated rings. The average Bonchev–Trinajstić information content (AvgIpc) is 3.35. The number of aromatic nitrogens is 4. The number of methoxy groups -OCH3 is 1. The van der Waals surface area contributed by atoms with Crippen molar-refractivity contribution in [2.45, 2.75) is 43.9 Å². The number of aliphatic hydroxyl groups excluding tert-OH is 1. The van der Waals surface area contributed by atoms with Crippen molar-refractivity contribution < 1.29 is 43.7 Å². The molecule has 1 aromatic carbocycles. The van der Waals surface area contributed by atoms with Crippen molar-refractivity contribution in [2.75, 3.05) is 19.5 Å². The SMILES string of the molecule is COc1nc(N)nc2c1ncn2C1O[C@H](COc2ccccc2O/[P+]([O-])=N/C(C)C(=O)O)[C@@H](O)[C@@]1(C)O. The molecule has 15 nitrogen and oxygen atoms in total. The van der Waals surface area contributed by atoms with Crippen molar-refractivity contribution in [3.8, 4) is 17.4 Å². The van der Waals surface area contributed by atoms with Gasteiger partial charge in [0.05, 0.1) is 13.4 Å². The second-order valence-electron chi connectivity index (χ2n) is 8.33. The largest absolute Gasteiger partial charge is 0.575 e. The number of aliphatic carboxylic acids is 1. The highest BCUT2D eigenvalue weighted by Gasteiger charge is 2.54. The fourth-order valence-electron chi connectivity index (χ4n) is 3.71. The van der Waals surface area contributed by atoms with E-state index in [0.29, 0.717) is 0 Å². The first-order valence-corrected chi connectivity index (χ1v) is 12.1. The summed E-state index contributed by atoms with van der Waals surface area (Å²) in [5, 5.41) is 30.9. The topological polar surface area (TPSA) is 220 Å². The van der Waals surface area contributed by atoms with E-state index >= 15 is 0 Å². The average molecular weight is 536 g/mol. The van der Waals surface area contributed by atoms with Crippen molar-refractivity contribution in [3.63, 3.8) is 0 Å². The first kappa shape index (κ1) is 26.4. The van der Waals surface area contributed by atoms with E-state index in [1.165, 1.54) is 44.0 Å². The lowest BCUT2D eigenvalue weighted by Gasteiger charge is -2.27. The van der Waals surface area contributed by atoms with Crippen LogP contribution in [0.1, 0.15) is 20.1 Å². The van der Waals surface area contributed by atoms with Gasteiger partial charge in [-0.3, -0.25) is 9.09 Å². The maximum absolute atomic E-state index is 12.1. The lowest BCUT2D eigenvalue weighted by molar-refractivity contribution is -0.169. The van der Waals surface area contributed by atoms with E-state index < -0.39 is 44.2 Å². The van der Waals surface area contributed by atoms with Gasteiger partial charge in [-0.1, -0.05) is 16.9 Å². The predicted molar refractivity (Wildman–Crippen MR) is 126 cm³/mol. The first-order chi connectivity index (χ1) is 17.5. The monoisotopic (exact) mass is 536 g/mol. The number of fused-ring (bicyclic) bond motifs is 1. The molecule has 6 atom stereocenters. The van der Waals surface area contributed by atoms with E-state index in [-0.39, 0.29) is 41.1 Å². The van der Waals surface area contributed by atoms with Gasteiger partial charge in [0.15, 0.2) is 29.2 Å². The maximum atomic E-state index is 12.1. The minimum Gasteiger partial charge on any atom is -0.575 e. The minimum absolute atomic E-state index is 0.0422. The van der Waals surface area contributed by atoms with Crippen LogP contribution < -0.4 is 24.6 Å². The Balaban J connectivity index is 1.53. The van der Waals surface area contributed by atoms with Crippen LogP contribution in [0.2, 0.25) is 0 Å². The smallest absolute Gasteiger partial charge is 0.395 e. The van der Waals surface area contributed by atoms with Crippen LogP contribution in [0.5, 0.6) is 17.4 Å². The zero-order chi connectivity index (χ0) is 26.9. The Morgan fingerprint density at radius 2 is 2.08 bits per heavy atom. The second-order valence-corrected chi connectivity index (χ2v) is 9.22. The summed E-state index contributed by atoms with van der Waals surface area (Å²) in [5.41, 5.74) is 4.49. The van der Waals surface area contributed by atoms with Crippen LogP contribution in [0, 0.1) is 0 Å². The number of nitrogen functional groups attached to an aromatic ring is 1. The van der Waals surface area contributed by atoms with E-state index in [4.69, 9.17) is 29.6 Å². The molecule has 37 heavy (non-hydrogen) atoms. The Morgan fingerprint density at radius 3 is 2.76 bits per heavy atom. The third-order valence-electron chi connectivity index (χ3n) is 5.66. The third-order valence-corrected chi connectivity index (χ3v) is 6.55. The Kier molecular flexibility index (Phi) is 7.43. The van der Waals surface area contributed by atoms with E-state index in [0.717, 1.165) is 0 Å². The minimum atomic E-state index is -2.70. The summed E-state index contributed by atoms with van der Waals surface area (Å²) >= 11 is 0. The molecule has 1 saturated heterocycles. The fraction of sp³-hybridized carbons (Fsp3) is 0.429. The summed E-state index contributed by atoms with van der Waals surface area (Å²) in [6.45, 7) is 2.42. The van der Waals surface area contributed by atoms with Gasteiger partial charge < -0.3 is 40.2 Å². The normalized spacial score (nSPS) is 24.7. The van der Waals surface area contributed by atoms with E-state index in [9.17, 15) is 19.9 Å². The number of carbonyl (C=O) groups is 1. The number of ether oxygens (including phenoxy) is 3. The summed E-state index contributed by atoms with van der Waals surface area (Å²) in [7, 11) is -1.29. The van der Waals surface area contributed by atoms with Crippen LogP contribution in [-0.4, -0.2) is 78.4 Å². The van der Waals surface area contributed by atoms with Crippen molar-refractivity contribution in [1.82, 2.24) is 19.5 Å². The van der Waals surface area contributed by atoms with Crippen LogP contribution in [0.3, 0.4) is 0 Å². The standard InChI is InChI=1S/C21H25N6O9P/c1-10(18(29)30)26-37(32)36-12-7-5-4-6-11(12)34-8-13-15(28)21(2,31)19(35-13)27-9-23-14-16(27)24-20(22)25-17(14)33-3/h4-7,9-10,13,15,19,28,31H,8H2,1-3H3,(H,29,30)(H2,22,24,25)/t10?,13-,15-,19?,21-/m1/s1. The summed E-state index contributed by atoms with van der Waals surface area (Å²) in [5.74, 6) is -1.01. The summed E-state index contributed by atoms with van der Waals surface area (Å²) in [4.78, 5) is 35.4. The molecule has 198 valence electrons. The Labute approximate surface area is 211 Å². The molecule has 5 N–H and O–H groups in total. The first-order valence-electron chi connectivity index (χ1n) is 10.9. The lowest BCUT2D eigenvalue weighted by atomic mass is 9.96. The number of nitrogens with two attached hydrogens (primary N) is 1. The Hall–Kier alpha value is -3.62. The van der Waals surface area contributed by atoms with Gasteiger partial charge in [0.25, 0.3) is 0 Å². The molecule has 0 amide bonds. The van der Waals surface area contributed by atoms with Crippen LogP contribution in [0.25, 0.3) is 11.2 Å². The molecule has 4 rings (SSSR count). The molecule has 3 heterocycles. The van der Waals surface area contributed by atoms with Crippen LogP contribution >= 0.6 is 8.17 Å². The highest BCUT2D eigenvalue weighted by atomic mass is 31.1. The molecule has 0 aliphatic carbocycles. The van der Waals surface area contributed by atoms with Crippen molar-refractivity contribution in [2.24, 2.45) is 4.74 Å². The lowest BCUT2D eigenvalue weighted by Crippen LogP contribution is -2.44. The number of carboxylic acid groups (broad SMARTS) is 1. The molecule has 16 heteroatoms. The Morgan fingerprint density at radius 1 is 1.38 bits per heavy atom. The zero-order valence-corrected chi connectivity index (χ0v) is 20.8. The molecule has 1 aliphatic heterocycles. The molecule has 0 spiro atoms. The number of anilines is 1. The van der Waals surface area contributed by atoms with Gasteiger partial charge in [-0.15, -0.1) is 0 Å².